The molecule has 2 aliphatic heterocycles. The number of halogens is 1. The third-order valence-electron chi connectivity index (χ3n) is 6.45. The summed E-state index contributed by atoms with van der Waals surface area (Å²) < 4.78 is 25.6. The minimum Gasteiger partial charge on any atom is -0.380 e. The molecule has 0 bridgehead atoms. The topological polar surface area (TPSA) is 75.6 Å². The fourth-order valence-corrected chi connectivity index (χ4v) is 4.69. The molecule has 1 atom stereocenters. The van der Waals surface area contributed by atoms with Crippen LogP contribution < -0.4 is 10.2 Å². The van der Waals surface area contributed by atoms with Crippen molar-refractivity contribution in [3.8, 4) is 0 Å². The Labute approximate surface area is 199 Å². The zero-order chi connectivity index (χ0) is 23.2. The van der Waals surface area contributed by atoms with E-state index in [0.717, 1.165) is 32.7 Å². The third-order valence-corrected chi connectivity index (χ3v) is 6.45. The van der Waals surface area contributed by atoms with E-state index in [9.17, 15) is 4.39 Å². The summed E-state index contributed by atoms with van der Waals surface area (Å²) in [4.78, 5) is 17.2. The Morgan fingerprint density at radius 2 is 1.94 bits per heavy atom. The highest BCUT2D eigenvalue weighted by Gasteiger charge is 2.20. The molecule has 1 N–H and O–H groups in total. The molecule has 2 fully saturated rings. The highest BCUT2D eigenvalue weighted by Crippen LogP contribution is 2.22. The normalized spacial score (nSPS) is 19.8. The van der Waals surface area contributed by atoms with E-state index in [1.54, 1.807) is 0 Å². The maximum Gasteiger partial charge on any atom is 0.227 e. The van der Waals surface area contributed by atoms with Crippen LogP contribution in [0, 0.1) is 11.7 Å². The average Bonchev–Trinajstić information content (AvgIpc) is 3.11. The van der Waals surface area contributed by atoms with Gasteiger partial charge in [-0.15, -0.1) is 0 Å². The molecule has 2 aliphatic rings. The van der Waals surface area contributed by atoms with E-state index in [-0.39, 0.29) is 5.82 Å². The number of anilines is 2. The van der Waals surface area contributed by atoms with Gasteiger partial charge in [-0.05, 0) is 29.4 Å². The number of nitrogens with one attached hydrogen (secondary N) is 1. The van der Waals surface area contributed by atoms with Crippen molar-refractivity contribution < 1.29 is 13.9 Å². The molecular weight excluding hydrogens is 435 g/mol. The minimum atomic E-state index is -0.431. The molecule has 0 saturated carbocycles. The molecule has 0 radical (unpaired) electrons. The number of nitrogens with zero attached hydrogens (tertiary/aromatic N) is 5. The van der Waals surface area contributed by atoms with Gasteiger partial charge < -0.3 is 19.7 Å². The van der Waals surface area contributed by atoms with Crippen LogP contribution in [-0.2, 0) is 15.9 Å². The predicted molar refractivity (Wildman–Crippen MR) is 130 cm³/mol. The first-order chi connectivity index (χ1) is 16.8. The second-order valence-corrected chi connectivity index (χ2v) is 8.85. The molecule has 0 amide bonds. The van der Waals surface area contributed by atoms with Crippen LogP contribution in [0.4, 0.5) is 16.2 Å². The molecule has 5 rings (SSSR count). The second kappa shape index (κ2) is 11.0. The molecule has 8 nitrogen and oxygen atoms in total. The minimum absolute atomic E-state index is 0.253. The Kier molecular flexibility index (Phi) is 7.43. The van der Waals surface area contributed by atoms with Crippen LogP contribution in [0.15, 0.2) is 42.9 Å². The van der Waals surface area contributed by atoms with E-state index < -0.39 is 5.82 Å². The summed E-state index contributed by atoms with van der Waals surface area (Å²) in [5.74, 6) is 0.758. The summed E-state index contributed by atoms with van der Waals surface area (Å²) >= 11 is 0. The second-order valence-electron chi connectivity index (χ2n) is 8.85. The summed E-state index contributed by atoms with van der Waals surface area (Å²) in [6.07, 6.45) is 5.96. The Balaban J connectivity index is 1.18. The molecule has 0 aliphatic carbocycles. The summed E-state index contributed by atoms with van der Waals surface area (Å²) in [7, 11) is 0. The monoisotopic (exact) mass is 466 g/mol. The van der Waals surface area contributed by atoms with Gasteiger partial charge in [0.25, 0.3) is 0 Å². The van der Waals surface area contributed by atoms with Crippen molar-refractivity contribution >= 4 is 22.5 Å². The maximum atomic E-state index is 14.3. The predicted octanol–water partition coefficient (Wildman–Crippen LogP) is 2.60. The molecule has 0 spiro atoms. The molecule has 2 aromatic heterocycles. The van der Waals surface area contributed by atoms with Gasteiger partial charge in [-0.1, -0.05) is 18.2 Å². The highest BCUT2D eigenvalue weighted by atomic mass is 19.1. The van der Waals surface area contributed by atoms with E-state index in [2.05, 4.69) is 49.4 Å². The van der Waals surface area contributed by atoms with Gasteiger partial charge in [0, 0.05) is 57.0 Å². The van der Waals surface area contributed by atoms with Crippen LogP contribution in [0.5, 0.6) is 0 Å². The maximum absolute atomic E-state index is 14.3. The number of benzene rings is 1. The Morgan fingerprint density at radius 1 is 1.06 bits per heavy atom. The molecule has 180 valence electrons. The largest absolute Gasteiger partial charge is 0.380 e. The molecule has 2 saturated heterocycles. The lowest BCUT2D eigenvalue weighted by atomic mass is 9.95. The van der Waals surface area contributed by atoms with E-state index in [1.165, 1.54) is 22.5 Å². The van der Waals surface area contributed by atoms with Gasteiger partial charge in [0.2, 0.25) is 5.95 Å². The van der Waals surface area contributed by atoms with Crippen LogP contribution in [0.1, 0.15) is 5.56 Å². The number of aromatic nitrogens is 3. The third kappa shape index (κ3) is 5.60. The first-order valence-corrected chi connectivity index (χ1v) is 12.0. The van der Waals surface area contributed by atoms with Crippen LogP contribution >= 0.6 is 0 Å². The Bertz CT molecular complexity index is 1090. The fraction of sp³-hybridized carbons (Fsp3) is 0.480. The molecule has 34 heavy (non-hydrogen) atoms. The van der Waals surface area contributed by atoms with E-state index >= 15 is 0 Å². The van der Waals surface area contributed by atoms with Crippen molar-refractivity contribution in [1.29, 1.82) is 0 Å². The van der Waals surface area contributed by atoms with Gasteiger partial charge in [-0.2, -0.15) is 4.98 Å². The van der Waals surface area contributed by atoms with Crippen LogP contribution in [0.25, 0.3) is 10.8 Å². The zero-order valence-electron chi connectivity index (χ0n) is 19.3. The van der Waals surface area contributed by atoms with Crippen LogP contribution in [-0.4, -0.2) is 85.5 Å². The van der Waals surface area contributed by atoms with Crippen molar-refractivity contribution in [3.05, 3.63) is 54.2 Å². The summed E-state index contributed by atoms with van der Waals surface area (Å²) in [6, 6.07) is 8.48. The zero-order valence-corrected chi connectivity index (χ0v) is 19.3. The number of pyridine rings is 1. The Hall–Kier alpha value is -2.88. The first kappa shape index (κ1) is 22.9. The lowest BCUT2D eigenvalue weighted by molar-refractivity contribution is 0.122. The average molecular weight is 467 g/mol. The summed E-state index contributed by atoms with van der Waals surface area (Å²) in [5, 5.41) is 5.60. The van der Waals surface area contributed by atoms with Gasteiger partial charge in [0.15, 0.2) is 11.6 Å². The van der Waals surface area contributed by atoms with Gasteiger partial charge in [-0.3, -0.25) is 9.88 Å². The molecule has 4 heterocycles. The molecule has 3 aromatic rings. The van der Waals surface area contributed by atoms with Crippen molar-refractivity contribution in [2.75, 3.05) is 75.9 Å². The number of hydrogen-bond acceptors (Lipinski definition) is 8. The summed E-state index contributed by atoms with van der Waals surface area (Å²) in [6.45, 7) is 7.35. The molecule has 1 unspecified atom stereocenters. The summed E-state index contributed by atoms with van der Waals surface area (Å²) in [5.41, 5.74) is 1.33. The van der Waals surface area contributed by atoms with Crippen LogP contribution in [0.3, 0.4) is 0 Å². The SMILES string of the molecule is Fc1cnc(N2CCOCC2)nc1NCCN1CCOCC(Cc2cccc3cnccc23)C1. The highest BCUT2D eigenvalue weighted by molar-refractivity contribution is 5.84. The lowest BCUT2D eigenvalue weighted by Gasteiger charge is -2.27. The van der Waals surface area contributed by atoms with Crippen molar-refractivity contribution in [2.45, 2.75) is 6.42 Å². The molecular formula is C25H31FN6O2. The fourth-order valence-electron chi connectivity index (χ4n) is 4.69. The smallest absolute Gasteiger partial charge is 0.227 e. The van der Waals surface area contributed by atoms with Gasteiger partial charge in [-0.25, -0.2) is 9.37 Å². The number of hydrogen-bond donors (Lipinski definition) is 1. The van der Waals surface area contributed by atoms with Crippen molar-refractivity contribution in [2.24, 2.45) is 5.92 Å². The van der Waals surface area contributed by atoms with Crippen LogP contribution in [0.2, 0.25) is 0 Å². The number of rotatable bonds is 7. The molecule has 9 heteroatoms. The standard InChI is InChI=1S/C25H31FN6O2/c26-23-16-29-25(32-9-12-33-13-10-32)30-24(23)28-6-7-31-8-11-34-18-19(17-31)14-20-2-1-3-21-15-27-5-4-22(20)21/h1-5,15-16,19H,6-14,17-18H2,(H,28,29,30). The van der Waals surface area contributed by atoms with Gasteiger partial charge >= 0.3 is 0 Å². The van der Waals surface area contributed by atoms with Gasteiger partial charge in [0.1, 0.15) is 0 Å². The lowest BCUT2D eigenvalue weighted by Crippen LogP contribution is -2.37. The van der Waals surface area contributed by atoms with Gasteiger partial charge in [0.05, 0.1) is 32.6 Å². The van der Waals surface area contributed by atoms with E-state index in [0.29, 0.717) is 51.3 Å². The van der Waals surface area contributed by atoms with Crippen molar-refractivity contribution in [3.63, 3.8) is 0 Å². The van der Waals surface area contributed by atoms with E-state index in [1.807, 2.05) is 17.3 Å². The molecule has 1 aromatic carbocycles. The first-order valence-electron chi connectivity index (χ1n) is 12.0. The number of morpholine rings is 1. The number of fused-ring (bicyclic) bond motifs is 1. The Morgan fingerprint density at radius 3 is 2.85 bits per heavy atom. The van der Waals surface area contributed by atoms with E-state index in [4.69, 9.17) is 9.47 Å². The quantitative estimate of drug-likeness (QED) is 0.570. The number of ether oxygens (including phenoxy) is 2. The van der Waals surface area contributed by atoms with Crippen molar-refractivity contribution in [1.82, 2.24) is 19.9 Å².